The minimum Gasteiger partial charge on any atom is -0.375 e. The maximum atomic E-state index is 12.6. The molecule has 0 aromatic heterocycles. The molecule has 0 unspecified atom stereocenters. The Hall–Kier alpha value is -1.43. The Balaban J connectivity index is 1.26. The van der Waals surface area contributed by atoms with Gasteiger partial charge in [-0.25, -0.2) is 0 Å². The Morgan fingerprint density at radius 1 is 1.27 bits per heavy atom. The molecule has 0 aliphatic carbocycles. The predicted octanol–water partition coefficient (Wildman–Crippen LogP) is 1.66. The summed E-state index contributed by atoms with van der Waals surface area (Å²) in [6.45, 7) is 9.55. The van der Waals surface area contributed by atoms with E-state index in [1.807, 2.05) is 0 Å². The monoisotopic (exact) mass is 357 g/mol. The quantitative estimate of drug-likeness (QED) is 0.890. The summed E-state index contributed by atoms with van der Waals surface area (Å²) in [7, 11) is 0. The van der Waals surface area contributed by atoms with E-state index in [4.69, 9.17) is 4.74 Å². The van der Waals surface area contributed by atoms with Gasteiger partial charge in [-0.15, -0.1) is 0 Å². The second-order valence-corrected chi connectivity index (χ2v) is 8.45. The lowest BCUT2D eigenvalue weighted by atomic mass is 10.00. The van der Waals surface area contributed by atoms with Gasteiger partial charge in [-0.1, -0.05) is 38.1 Å². The zero-order valence-corrected chi connectivity index (χ0v) is 16.0. The zero-order chi connectivity index (χ0) is 18.1. The summed E-state index contributed by atoms with van der Waals surface area (Å²) in [6.07, 6.45) is 2.38. The van der Waals surface area contributed by atoms with E-state index in [9.17, 15) is 4.79 Å². The molecule has 1 aromatic carbocycles. The number of nitrogens with one attached hydrogen (secondary N) is 1. The summed E-state index contributed by atoms with van der Waals surface area (Å²) in [4.78, 5) is 17.3. The number of carbonyl (C=O) groups excluding carboxylic acids is 1. The highest BCUT2D eigenvalue weighted by molar-refractivity contribution is 5.78. The molecule has 142 valence electrons. The van der Waals surface area contributed by atoms with Gasteiger partial charge < -0.3 is 10.1 Å². The third-order valence-corrected chi connectivity index (χ3v) is 6.13. The lowest BCUT2D eigenvalue weighted by Gasteiger charge is -2.36. The van der Waals surface area contributed by atoms with E-state index in [-0.39, 0.29) is 11.9 Å². The van der Waals surface area contributed by atoms with E-state index in [0.29, 0.717) is 24.6 Å². The van der Waals surface area contributed by atoms with Gasteiger partial charge >= 0.3 is 0 Å². The van der Waals surface area contributed by atoms with Crippen molar-refractivity contribution >= 4 is 5.91 Å². The van der Waals surface area contributed by atoms with Gasteiger partial charge in [-0.3, -0.25) is 14.6 Å². The van der Waals surface area contributed by atoms with E-state index >= 15 is 0 Å². The predicted molar refractivity (Wildman–Crippen MR) is 102 cm³/mol. The summed E-state index contributed by atoms with van der Waals surface area (Å²) in [5, 5.41) is 3.27. The summed E-state index contributed by atoms with van der Waals surface area (Å²) >= 11 is 0. The molecule has 0 spiro atoms. The largest absolute Gasteiger partial charge is 0.375 e. The van der Waals surface area contributed by atoms with Crippen LogP contribution < -0.4 is 5.32 Å². The van der Waals surface area contributed by atoms with Crippen molar-refractivity contribution in [2.24, 2.45) is 5.92 Å². The van der Waals surface area contributed by atoms with Gasteiger partial charge in [0.05, 0.1) is 19.3 Å². The van der Waals surface area contributed by atoms with Crippen LogP contribution in [-0.2, 0) is 22.5 Å². The van der Waals surface area contributed by atoms with Gasteiger partial charge in [-0.2, -0.15) is 0 Å². The SMILES string of the molecule is CC(C)[C@@H]1CN2C[C@H](NC(=O)CN3CCc4ccccc4C3)C[C@H]2CO1. The molecule has 1 N–H and O–H groups in total. The van der Waals surface area contributed by atoms with Gasteiger partial charge in [0.1, 0.15) is 0 Å². The molecule has 1 aromatic rings. The molecule has 5 nitrogen and oxygen atoms in total. The van der Waals surface area contributed by atoms with Crippen LogP contribution >= 0.6 is 0 Å². The van der Waals surface area contributed by atoms with Crippen molar-refractivity contribution in [2.75, 3.05) is 32.8 Å². The van der Waals surface area contributed by atoms with Gasteiger partial charge in [0, 0.05) is 38.3 Å². The smallest absolute Gasteiger partial charge is 0.234 e. The Bertz CT molecular complexity index is 648. The van der Waals surface area contributed by atoms with Crippen molar-refractivity contribution < 1.29 is 9.53 Å². The average molecular weight is 357 g/mol. The fourth-order valence-corrected chi connectivity index (χ4v) is 4.57. The summed E-state index contributed by atoms with van der Waals surface area (Å²) in [5.74, 6) is 0.710. The lowest BCUT2D eigenvalue weighted by molar-refractivity contribution is -0.123. The van der Waals surface area contributed by atoms with Crippen molar-refractivity contribution in [1.29, 1.82) is 0 Å². The third-order valence-electron chi connectivity index (χ3n) is 6.13. The Labute approximate surface area is 156 Å². The first-order valence-corrected chi connectivity index (χ1v) is 10.0. The number of hydrogen-bond acceptors (Lipinski definition) is 4. The zero-order valence-electron chi connectivity index (χ0n) is 16.0. The Morgan fingerprint density at radius 2 is 2.08 bits per heavy atom. The Morgan fingerprint density at radius 3 is 2.88 bits per heavy atom. The van der Waals surface area contributed by atoms with Crippen LogP contribution in [-0.4, -0.2) is 66.7 Å². The molecule has 3 atom stereocenters. The fourth-order valence-electron chi connectivity index (χ4n) is 4.57. The lowest BCUT2D eigenvalue weighted by Crippen LogP contribution is -2.48. The first-order chi connectivity index (χ1) is 12.6. The van der Waals surface area contributed by atoms with Crippen molar-refractivity contribution in [3.05, 3.63) is 35.4 Å². The molecule has 0 saturated carbocycles. The van der Waals surface area contributed by atoms with Crippen LogP contribution in [0.5, 0.6) is 0 Å². The van der Waals surface area contributed by atoms with E-state index in [1.54, 1.807) is 0 Å². The maximum Gasteiger partial charge on any atom is 0.234 e. The molecule has 3 heterocycles. The van der Waals surface area contributed by atoms with E-state index < -0.39 is 0 Å². The van der Waals surface area contributed by atoms with Crippen LogP contribution in [0.4, 0.5) is 0 Å². The first-order valence-electron chi connectivity index (χ1n) is 10.0. The highest BCUT2D eigenvalue weighted by Gasteiger charge is 2.38. The third kappa shape index (κ3) is 3.95. The van der Waals surface area contributed by atoms with Gasteiger partial charge in [0.25, 0.3) is 0 Å². The van der Waals surface area contributed by atoms with E-state index in [2.05, 4.69) is 53.2 Å². The van der Waals surface area contributed by atoms with Crippen LogP contribution in [0.2, 0.25) is 0 Å². The van der Waals surface area contributed by atoms with Crippen molar-refractivity contribution in [2.45, 2.75) is 51.4 Å². The fraction of sp³-hybridized carbons (Fsp3) is 0.667. The molecule has 2 fully saturated rings. The van der Waals surface area contributed by atoms with E-state index in [1.165, 1.54) is 11.1 Å². The number of rotatable bonds is 4. The number of morpholine rings is 1. The normalized spacial score (nSPS) is 29.4. The van der Waals surface area contributed by atoms with Crippen LogP contribution in [0.15, 0.2) is 24.3 Å². The number of nitrogens with zero attached hydrogens (tertiary/aromatic N) is 2. The van der Waals surface area contributed by atoms with Crippen molar-refractivity contribution in [3.8, 4) is 0 Å². The number of carbonyl (C=O) groups is 1. The summed E-state index contributed by atoms with van der Waals surface area (Å²) < 4.78 is 6.00. The standard InChI is InChI=1S/C21H31N3O2/c1-15(2)20-12-24-11-18(9-19(24)14-26-20)22-21(25)13-23-8-7-16-5-3-4-6-17(16)10-23/h3-6,15,18-20H,7-14H2,1-2H3,(H,22,25)/t18-,19+,20+/m1/s1. The number of amides is 1. The molecule has 26 heavy (non-hydrogen) atoms. The second-order valence-electron chi connectivity index (χ2n) is 8.45. The molecule has 2 saturated heterocycles. The van der Waals surface area contributed by atoms with Crippen molar-refractivity contribution in [1.82, 2.24) is 15.1 Å². The molecule has 3 aliphatic rings. The minimum absolute atomic E-state index is 0.163. The van der Waals surface area contributed by atoms with Crippen molar-refractivity contribution in [3.63, 3.8) is 0 Å². The number of hydrogen-bond donors (Lipinski definition) is 1. The van der Waals surface area contributed by atoms with Crippen LogP contribution in [0.1, 0.15) is 31.4 Å². The van der Waals surface area contributed by atoms with Gasteiger partial charge in [0.15, 0.2) is 0 Å². The molecule has 1 amide bonds. The van der Waals surface area contributed by atoms with Gasteiger partial charge in [-0.05, 0) is 29.9 Å². The molecule has 4 rings (SSSR count). The summed E-state index contributed by atoms with van der Waals surface area (Å²) in [6, 6.07) is 9.30. The number of ether oxygens (including phenoxy) is 1. The number of fused-ring (bicyclic) bond motifs is 2. The highest BCUT2D eigenvalue weighted by Crippen LogP contribution is 2.26. The molecular formula is C21H31N3O2. The van der Waals surface area contributed by atoms with Gasteiger partial charge in [0.2, 0.25) is 5.91 Å². The average Bonchev–Trinajstić information content (AvgIpc) is 3.02. The first kappa shape index (κ1) is 18.0. The van der Waals surface area contributed by atoms with Crippen LogP contribution in [0.3, 0.4) is 0 Å². The maximum absolute atomic E-state index is 12.6. The molecular weight excluding hydrogens is 326 g/mol. The molecule has 5 heteroatoms. The molecule has 3 aliphatic heterocycles. The van der Waals surface area contributed by atoms with Crippen LogP contribution in [0.25, 0.3) is 0 Å². The summed E-state index contributed by atoms with van der Waals surface area (Å²) in [5.41, 5.74) is 2.79. The minimum atomic E-state index is 0.163. The molecule has 0 radical (unpaired) electrons. The number of benzene rings is 1. The second kappa shape index (κ2) is 7.67. The van der Waals surface area contributed by atoms with Crippen LogP contribution in [0, 0.1) is 5.92 Å². The topological polar surface area (TPSA) is 44.8 Å². The highest BCUT2D eigenvalue weighted by atomic mass is 16.5. The Kier molecular flexibility index (Phi) is 5.30. The molecule has 0 bridgehead atoms. The van der Waals surface area contributed by atoms with E-state index in [0.717, 1.165) is 45.6 Å².